The molecule has 3 aromatic rings. The maximum atomic E-state index is 13.7. The second kappa shape index (κ2) is 13.3. The molecular weight excluding hydrogens is 484 g/mol. The van der Waals surface area contributed by atoms with Crippen LogP contribution in [-0.2, 0) is 22.6 Å². The minimum absolute atomic E-state index is 0.0776. The molecule has 1 atom stereocenters. The molecule has 2 amide bonds. The van der Waals surface area contributed by atoms with Crippen LogP contribution < -0.4 is 10.1 Å². The van der Waals surface area contributed by atoms with E-state index in [1.54, 1.807) is 29.2 Å². The number of hydrogen-bond acceptors (Lipinski definition) is 3. The smallest absolute Gasteiger partial charge is 0.243 e. The number of amides is 2. The zero-order chi connectivity index (χ0) is 26.8. The number of nitrogens with zero attached hydrogens (tertiary/aromatic N) is 1. The van der Waals surface area contributed by atoms with Gasteiger partial charge in [-0.05, 0) is 69.5 Å². The average Bonchev–Trinajstić information content (AvgIpc) is 2.84. The van der Waals surface area contributed by atoms with Crippen LogP contribution in [0.1, 0.15) is 50.3 Å². The highest BCUT2D eigenvalue weighted by molar-refractivity contribution is 6.30. The molecule has 0 aliphatic carbocycles. The molecule has 6 heteroatoms. The predicted molar refractivity (Wildman–Crippen MR) is 150 cm³/mol. The summed E-state index contributed by atoms with van der Waals surface area (Å²) in [6.45, 7) is 8.62. The molecule has 0 fully saturated rings. The summed E-state index contributed by atoms with van der Waals surface area (Å²) in [6, 6.07) is 24.4. The lowest BCUT2D eigenvalue weighted by molar-refractivity contribution is -0.142. The summed E-state index contributed by atoms with van der Waals surface area (Å²) >= 11 is 5.94. The maximum absolute atomic E-state index is 13.7. The highest BCUT2D eigenvalue weighted by Crippen LogP contribution is 2.19. The topological polar surface area (TPSA) is 58.6 Å². The monoisotopic (exact) mass is 520 g/mol. The van der Waals surface area contributed by atoms with E-state index in [0.717, 1.165) is 16.7 Å². The van der Waals surface area contributed by atoms with Crippen LogP contribution in [0.5, 0.6) is 5.75 Å². The van der Waals surface area contributed by atoms with Gasteiger partial charge in [-0.15, -0.1) is 0 Å². The summed E-state index contributed by atoms with van der Waals surface area (Å²) in [7, 11) is 0. The van der Waals surface area contributed by atoms with Crippen molar-refractivity contribution in [3.05, 3.63) is 101 Å². The third-order valence-corrected chi connectivity index (χ3v) is 6.07. The van der Waals surface area contributed by atoms with Gasteiger partial charge in [0.2, 0.25) is 11.8 Å². The summed E-state index contributed by atoms with van der Waals surface area (Å²) in [5.74, 6) is 0.473. The molecule has 5 nitrogen and oxygen atoms in total. The van der Waals surface area contributed by atoms with Gasteiger partial charge in [-0.2, -0.15) is 0 Å². The number of benzene rings is 3. The van der Waals surface area contributed by atoms with E-state index in [2.05, 4.69) is 11.4 Å². The predicted octanol–water partition coefficient (Wildman–Crippen LogP) is 6.36. The molecule has 1 N–H and O–H groups in total. The van der Waals surface area contributed by atoms with E-state index >= 15 is 0 Å². The standard InChI is InChI=1S/C31H37ClN2O3/c1-23-10-8-13-25(20-23)22-34(29(35)14-9-19-37-27-17-15-26(32)16-18-27)28(30(36)33-31(2,3)4)21-24-11-6-5-7-12-24/h5-8,10-13,15-18,20,28H,9,14,19,21-22H2,1-4H3,(H,33,36)/t28-/m0/s1. The van der Waals surface area contributed by atoms with Crippen LogP contribution in [0, 0.1) is 6.92 Å². The lowest BCUT2D eigenvalue weighted by Gasteiger charge is -2.34. The lowest BCUT2D eigenvalue weighted by atomic mass is 10.00. The third kappa shape index (κ3) is 9.58. The van der Waals surface area contributed by atoms with Gasteiger partial charge < -0.3 is 15.0 Å². The molecule has 0 unspecified atom stereocenters. The average molecular weight is 521 g/mol. The van der Waals surface area contributed by atoms with E-state index in [4.69, 9.17) is 16.3 Å². The number of ether oxygens (including phenoxy) is 1. The molecule has 0 heterocycles. The molecule has 0 spiro atoms. The number of carbonyl (C=O) groups excluding carboxylic acids is 2. The van der Waals surface area contributed by atoms with Crippen molar-refractivity contribution >= 4 is 23.4 Å². The first-order chi connectivity index (χ1) is 17.6. The Bertz CT molecular complexity index is 1160. The second-order valence-electron chi connectivity index (χ2n) is 10.4. The van der Waals surface area contributed by atoms with Crippen molar-refractivity contribution < 1.29 is 14.3 Å². The number of aryl methyl sites for hydroxylation is 1. The fraction of sp³-hybridized carbons (Fsp3) is 0.355. The number of halogens is 1. The Balaban J connectivity index is 1.81. The van der Waals surface area contributed by atoms with Crippen molar-refractivity contribution in [3.63, 3.8) is 0 Å². The first kappa shape index (κ1) is 28.3. The van der Waals surface area contributed by atoms with Gasteiger partial charge in [-0.1, -0.05) is 71.8 Å². The Kier molecular flexibility index (Phi) is 10.2. The number of carbonyl (C=O) groups is 2. The number of rotatable bonds is 11. The van der Waals surface area contributed by atoms with Crippen molar-refractivity contribution in [2.45, 2.75) is 65.1 Å². The van der Waals surface area contributed by atoms with E-state index in [9.17, 15) is 9.59 Å². The first-order valence-corrected chi connectivity index (χ1v) is 13.1. The quantitative estimate of drug-likeness (QED) is 0.299. The van der Waals surface area contributed by atoms with E-state index in [1.165, 1.54) is 0 Å². The molecule has 0 bridgehead atoms. The SMILES string of the molecule is Cc1cccc(CN(C(=O)CCCOc2ccc(Cl)cc2)[C@@H](Cc2ccccc2)C(=O)NC(C)(C)C)c1. The van der Waals surface area contributed by atoms with E-state index in [-0.39, 0.29) is 18.2 Å². The maximum Gasteiger partial charge on any atom is 0.243 e. The number of nitrogens with one attached hydrogen (secondary N) is 1. The van der Waals surface area contributed by atoms with Crippen LogP contribution in [0.25, 0.3) is 0 Å². The van der Waals surface area contributed by atoms with E-state index in [1.807, 2.05) is 76.2 Å². The third-order valence-electron chi connectivity index (χ3n) is 5.82. The van der Waals surface area contributed by atoms with E-state index in [0.29, 0.717) is 36.8 Å². The molecule has 0 saturated heterocycles. The zero-order valence-electron chi connectivity index (χ0n) is 22.2. The summed E-state index contributed by atoms with van der Waals surface area (Å²) in [4.78, 5) is 29.0. The zero-order valence-corrected chi connectivity index (χ0v) is 22.9. The minimum atomic E-state index is -0.646. The molecule has 3 aromatic carbocycles. The van der Waals surface area contributed by atoms with E-state index < -0.39 is 11.6 Å². The Hall–Kier alpha value is -3.31. The molecule has 0 saturated carbocycles. The minimum Gasteiger partial charge on any atom is -0.494 e. The van der Waals surface area contributed by atoms with Gasteiger partial charge in [0.25, 0.3) is 0 Å². The summed E-state index contributed by atoms with van der Waals surface area (Å²) in [6.07, 6.45) is 1.24. The van der Waals surface area contributed by atoms with Crippen LogP contribution >= 0.6 is 11.6 Å². The molecular formula is C31H37ClN2O3. The van der Waals surface area contributed by atoms with Crippen LogP contribution in [0.4, 0.5) is 0 Å². The van der Waals surface area contributed by atoms with Crippen LogP contribution in [0.3, 0.4) is 0 Å². The lowest BCUT2D eigenvalue weighted by Crippen LogP contribution is -2.54. The van der Waals surface area contributed by atoms with Crippen LogP contribution in [0.2, 0.25) is 5.02 Å². The molecule has 37 heavy (non-hydrogen) atoms. The highest BCUT2D eigenvalue weighted by Gasteiger charge is 2.32. The van der Waals surface area contributed by atoms with Gasteiger partial charge in [-0.3, -0.25) is 9.59 Å². The molecule has 0 radical (unpaired) electrons. The van der Waals surface area contributed by atoms with Crippen LogP contribution in [-0.4, -0.2) is 34.9 Å². The Morgan fingerprint density at radius 2 is 1.62 bits per heavy atom. The van der Waals surface area contributed by atoms with Crippen molar-refractivity contribution in [1.82, 2.24) is 10.2 Å². The first-order valence-electron chi connectivity index (χ1n) is 12.7. The molecule has 0 aliphatic rings. The molecule has 0 aromatic heterocycles. The van der Waals surface area contributed by atoms with Gasteiger partial charge >= 0.3 is 0 Å². The van der Waals surface area contributed by atoms with Crippen molar-refractivity contribution in [1.29, 1.82) is 0 Å². The van der Waals surface area contributed by atoms with Gasteiger partial charge in [0.1, 0.15) is 11.8 Å². The fourth-order valence-electron chi connectivity index (χ4n) is 4.10. The highest BCUT2D eigenvalue weighted by atomic mass is 35.5. The molecule has 3 rings (SSSR count). The van der Waals surface area contributed by atoms with Gasteiger partial charge in [0.15, 0.2) is 0 Å². The largest absolute Gasteiger partial charge is 0.494 e. The second-order valence-corrected chi connectivity index (χ2v) is 10.8. The van der Waals surface area contributed by atoms with Crippen LogP contribution in [0.15, 0.2) is 78.9 Å². The van der Waals surface area contributed by atoms with Crippen molar-refractivity contribution in [3.8, 4) is 5.75 Å². The van der Waals surface area contributed by atoms with Gasteiger partial charge in [0, 0.05) is 29.9 Å². The number of hydrogen-bond donors (Lipinski definition) is 1. The van der Waals surface area contributed by atoms with Gasteiger partial charge in [-0.25, -0.2) is 0 Å². The normalized spacial score (nSPS) is 12.0. The van der Waals surface area contributed by atoms with Crippen molar-refractivity contribution in [2.75, 3.05) is 6.61 Å². The Morgan fingerprint density at radius 1 is 0.946 bits per heavy atom. The molecule has 196 valence electrons. The van der Waals surface area contributed by atoms with Crippen molar-refractivity contribution in [2.24, 2.45) is 0 Å². The fourth-order valence-corrected chi connectivity index (χ4v) is 4.23. The summed E-state index contributed by atoms with van der Waals surface area (Å²) in [5.41, 5.74) is 2.69. The Labute approximate surface area is 225 Å². The molecule has 0 aliphatic heterocycles. The summed E-state index contributed by atoms with van der Waals surface area (Å²) < 4.78 is 5.79. The van der Waals surface area contributed by atoms with Gasteiger partial charge in [0.05, 0.1) is 6.61 Å². The summed E-state index contributed by atoms with van der Waals surface area (Å²) in [5, 5.41) is 3.74. The Morgan fingerprint density at radius 3 is 2.27 bits per heavy atom.